The smallest absolute Gasteiger partial charge is 0.321 e. The van der Waals surface area contributed by atoms with Crippen molar-refractivity contribution in [2.24, 2.45) is 5.41 Å². The number of hydrogen-bond donors (Lipinski definition) is 1. The maximum atomic E-state index is 13.4. The van der Waals surface area contributed by atoms with Crippen molar-refractivity contribution in [3.05, 3.63) is 84.2 Å². The van der Waals surface area contributed by atoms with Crippen molar-refractivity contribution in [2.75, 3.05) is 31.5 Å². The van der Waals surface area contributed by atoms with E-state index in [0.717, 1.165) is 63.3 Å². The zero-order chi connectivity index (χ0) is 23.5. The molecule has 1 aromatic heterocycles. The molecule has 8 heteroatoms. The Hall–Kier alpha value is -3.52. The minimum Gasteiger partial charge on any atom is -0.457 e. The van der Waals surface area contributed by atoms with E-state index in [1.807, 2.05) is 29.2 Å². The van der Waals surface area contributed by atoms with Crippen LogP contribution in [0.1, 0.15) is 18.4 Å². The Labute approximate surface area is 197 Å². The third-order valence-corrected chi connectivity index (χ3v) is 6.60. The van der Waals surface area contributed by atoms with Gasteiger partial charge >= 0.3 is 6.03 Å². The van der Waals surface area contributed by atoms with Gasteiger partial charge in [0.05, 0.1) is 11.9 Å². The van der Waals surface area contributed by atoms with E-state index in [9.17, 15) is 13.6 Å². The fourth-order valence-electron chi connectivity index (χ4n) is 4.69. The molecule has 2 fully saturated rings. The predicted molar refractivity (Wildman–Crippen MR) is 125 cm³/mol. The van der Waals surface area contributed by atoms with Gasteiger partial charge in [0.25, 0.3) is 0 Å². The normalized spacial score (nSPS) is 17.3. The number of likely N-dealkylation sites (tertiary alicyclic amines) is 2. The highest BCUT2D eigenvalue weighted by atomic mass is 19.2. The molecule has 0 saturated carbocycles. The van der Waals surface area contributed by atoms with Crippen LogP contribution in [0.4, 0.5) is 19.3 Å². The highest BCUT2D eigenvalue weighted by molar-refractivity contribution is 5.89. The van der Waals surface area contributed by atoms with Crippen LogP contribution in [0.15, 0.2) is 67.0 Å². The summed E-state index contributed by atoms with van der Waals surface area (Å²) in [7, 11) is 0. The molecule has 5 rings (SSSR count). The van der Waals surface area contributed by atoms with Crippen LogP contribution in [0.5, 0.6) is 11.5 Å². The molecule has 0 aliphatic carbocycles. The lowest BCUT2D eigenvalue weighted by molar-refractivity contribution is -0.0200. The van der Waals surface area contributed by atoms with E-state index in [1.54, 1.807) is 24.5 Å². The molecule has 0 atom stereocenters. The van der Waals surface area contributed by atoms with Crippen LogP contribution in [0.3, 0.4) is 0 Å². The number of pyridine rings is 1. The van der Waals surface area contributed by atoms with Crippen molar-refractivity contribution >= 4 is 11.7 Å². The van der Waals surface area contributed by atoms with E-state index in [4.69, 9.17) is 4.74 Å². The molecule has 176 valence electrons. The Morgan fingerprint density at radius 2 is 1.79 bits per heavy atom. The largest absolute Gasteiger partial charge is 0.457 e. The molecular weight excluding hydrogens is 438 g/mol. The molecule has 2 amide bonds. The summed E-state index contributed by atoms with van der Waals surface area (Å²) < 4.78 is 32.3. The second-order valence-electron chi connectivity index (χ2n) is 9.13. The van der Waals surface area contributed by atoms with Crippen LogP contribution >= 0.6 is 0 Å². The molecule has 34 heavy (non-hydrogen) atoms. The summed E-state index contributed by atoms with van der Waals surface area (Å²) in [6.45, 7) is 4.28. The van der Waals surface area contributed by atoms with E-state index in [2.05, 4.69) is 15.2 Å². The van der Waals surface area contributed by atoms with Gasteiger partial charge in [-0.3, -0.25) is 9.88 Å². The number of hydrogen-bond acceptors (Lipinski definition) is 4. The minimum atomic E-state index is -0.931. The first-order chi connectivity index (χ1) is 16.5. The number of piperidine rings is 1. The molecule has 2 aliphatic heterocycles. The molecule has 6 nitrogen and oxygen atoms in total. The average molecular weight is 465 g/mol. The monoisotopic (exact) mass is 464 g/mol. The summed E-state index contributed by atoms with van der Waals surface area (Å²) in [5.74, 6) is -0.975. The van der Waals surface area contributed by atoms with Crippen molar-refractivity contribution in [3.63, 3.8) is 0 Å². The number of urea groups is 1. The first kappa shape index (κ1) is 22.3. The zero-order valence-corrected chi connectivity index (χ0v) is 18.7. The van der Waals surface area contributed by atoms with Crippen molar-refractivity contribution in [1.29, 1.82) is 0 Å². The zero-order valence-electron chi connectivity index (χ0n) is 18.7. The average Bonchev–Trinajstić information content (AvgIpc) is 2.81. The lowest BCUT2D eigenvalue weighted by Gasteiger charge is -2.53. The third-order valence-electron chi connectivity index (χ3n) is 6.60. The van der Waals surface area contributed by atoms with Gasteiger partial charge in [-0.15, -0.1) is 0 Å². The topological polar surface area (TPSA) is 57.7 Å². The van der Waals surface area contributed by atoms with Gasteiger partial charge in [-0.2, -0.15) is 0 Å². The summed E-state index contributed by atoms with van der Waals surface area (Å²) in [6.07, 6.45) is 5.42. The minimum absolute atomic E-state index is 0.0705. The molecular formula is C26H26F2N4O2. The van der Waals surface area contributed by atoms with E-state index >= 15 is 0 Å². The van der Waals surface area contributed by atoms with Gasteiger partial charge in [0.1, 0.15) is 11.5 Å². The van der Waals surface area contributed by atoms with Gasteiger partial charge in [0, 0.05) is 37.3 Å². The van der Waals surface area contributed by atoms with Crippen molar-refractivity contribution < 1.29 is 18.3 Å². The van der Waals surface area contributed by atoms with Crippen molar-refractivity contribution in [2.45, 2.75) is 19.4 Å². The SMILES string of the molecule is O=C(Nc1cccnc1)N1CC2(CCN(Cc3cccc(Oc4ccc(F)c(F)c4)c3)CC2)C1. The molecule has 2 saturated heterocycles. The summed E-state index contributed by atoms with van der Waals surface area (Å²) >= 11 is 0. The summed E-state index contributed by atoms with van der Waals surface area (Å²) in [5, 5.41) is 2.90. The predicted octanol–water partition coefficient (Wildman–Crippen LogP) is 5.28. The maximum absolute atomic E-state index is 13.4. The number of nitrogens with one attached hydrogen (secondary N) is 1. The van der Waals surface area contributed by atoms with E-state index in [-0.39, 0.29) is 17.2 Å². The molecule has 3 aromatic rings. The number of amides is 2. The van der Waals surface area contributed by atoms with Crippen LogP contribution < -0.4 is 10.1 Å². The number of carbonyl (C=O) groups is 1. The van der Waals surface area contributed by atoms with Crippen molar-refractivity contribution in [1.82, 2.24) is 14.8 Å². The second-order valence-corrected chi connectivity index (χ2v) is 9.13. The summed E-state index contributed by atoms with van der Waals surface area (Å²) in [5.41, 5.74) is 2.02. The Morgan fingerprint density at radius 1 is 1.00 bits per heavy atom. The number of anilines is 1. The first-order valence-corrected chi connectivity index (χ1v) is 11.4. The molecule has 0 unspecified atom stereocenters. The quantitative estimate of drug-likeness (QED) is 0.558. The van der Waals surface area contributed by atoms with Gasteiger partial charge in [-0.05, 0) is 67.9 Å². The Bertz CT molecular complexity index is 1160. The highest BCUT2D eigenvalue weighted by Gasteiger charge is 2.46. The molecule has 0 radical (unpaired) electrons. The van der Waals surface area contributed by atoms with Gasteiger partial charge in [0.2, 0.25) is 0 Å². The van der Waals surface area contributed by atoms with Crippen LogP contribution in [0.25, 0.3) is 0 Å². The Balaban J connectivity index is 1.10. The molecule has 1 spiro atoms. The number of ether oxygens (including phenoxy) is 1. The Kier molecular flexibility index (Phi) is 6.15. The second kappa shape index (κ2) is 9.38. The Morgan fingerprint density at radius 3 is 2.53 bits per heavy atom. The van der Waals surface area contributed by atoms with Gasteiger partial charge in [0.15, 0.2) is 11.6 Å². The number of halogens is 2. The number of aromatic nitrogens is 1. The van der Waals surface area contributed by atoms with E-state index in [1.165, 1.54) is 6.07 Å². The van der Waals surface area contributed by atoms with Gasteiger partial charge in [-0.1, -0.05) is 12.1 Å². The first-order valence-electron chi connectivity index (χ1n) is 11.4. The summed E-state index contributed by atoms with van der Waals surface area (Å²) in [4.78, 5) is 20.7. The number of rotatable bonds is 5. The third kappa shape index (κ3) is 5.02. The summed E-state index contributed by atoms with van der Waals surface area (Å²) in [6, 6.07) is 14.7. The molecule has 3 heterocycles. The molecule has 0 bridgehead atoms. The van der Waals surface area contributed by atoms with Crippen LogP contribution in [0, 0.1) is 17.0 Å². The maximum Gasteiger partial charge on any atom is 0.321 e. The van der Waals surface area contributed by atoms with E-state index in [0.29, 0.717) is 11.4 Å². The lowest BCUT2D eigenvalue weighted by atomic mass is 9.72. The standard InChI is InChI=1S/C26H26F2N4O2/c27-23-7-6-22(14-24(23)28)34-21-5-1-3-19(13-21)16-31-11-8-26(9-12-31)17-32(18-26)25(33)30-20-4-2-10-29-15-20/h1-7,10,13-15H,8-9,11-12,16-18H2,(H,30,33). The fourth-order valence-corrected chi connectivity index (χ4v) is 4.69. The van der Waals surface area contributed by atoms with Crippen LogP contribution in [-0.4, -0.2) is 47.0 Å². The van der Waals surface area contributed by atoms with Gasteiger partial charge in [-0.25, -0.2) is 13.6 Å². The molecule has 2 aromatic carbocycles. The van der Waals surface area contributed by atoms with Crippen molar-refractivity contribution in [3.8, 4) is 11.5 Å². The fraction of sp³-hybridized carbons (Fsp3) is 0.308. The molecule has 2 aliphatic rings. The van der Waals surface area contributed by atoms with Crippen LogP contribution in [0.2, 0.25) is 0 Å². The number of nitrogens with zero attached hydrogens (tertiary/aromatic N) is 3. The lowest BCUT2D eigenvalue weighted by Crippen LogP contribution is -2.62. The number of benzene rings is 2. The van der Waals surface area contributed by atoms with Crippen LogP contribution in [-0.2, 0) is 6.54 Å². The highest BCUT2D eigenvalue weighted by Crippen LogP contribution is 2.41. The number of carbonyl (C=O) groups excluding carboxylic acids is 1. The molecule has 1 N–H and O–H groups in total. The van der Waals surface area contributed by atoms with Gasteiger partial charge < -0.3 is 15.0 Å². The van der Waals surface area contributed by atoms with E-state index < -0.39 is 11.6 Å².